The largest absolute Gasteiger partial charge is 0.573 e. The molecule has 0 atom stereocenters. The zero-order valence-corrected chi connectivity index (χ0v) is 17.6. The van der Waals surface area contributed by atoms with Crippen molar-refractivity contribution in [2.75, 3.05) is 13.1 Å². The Kier molecular flexibility index (Phi) is 6.64. The van der Waals surface area contributed by atoms with Gasteiger partial charge in [-0.05, 0) is 29.8 Å². The molecule has 0 amide bonds. The van der Waals surface area contributed by atoms with Gasteiger partial charge in [-0.25, -0.2) is 12.8 Å². The molecule has 0 bridgehead atoms. The fourth-order valence-electron chi connectivity index (χ4n) is 3.31. The Morgan fingerprint density at radius 1 is 1.06 bits per heavy atom. The first kappa shape index (κ1) is 23.5. The molecule has 1 saturated heterocycles. The highest BCUT2D eigenvalue weighted by molar-refractivity contribution is 7.89. The summed E-state index contributed by atoms with van der Waals surface area (Å²) in [4.78, 5) is 12.4. The average molecular weight is 480 g/mol. The standard InChI is InChI=1S/C20H18ClF4NO4S/c21-16-3-1-2-4-17(16)31(28,29)26-11-9-19(22,10-12-26)18(27)13-14-5-7-15(8-6-14)30-20(23,24)25/h1-8H,9-13H2. The van der Waals surface area contributed by atoms with E-state index in [9.17, 15) is 26.4 Å². The molecular weight excluding hydrogens is 462 g/mol. The molecule has 2 aromatic carbocycles. The summed E-state index contributed by atoms with van der Waals surface area (Å²) in [6, 6.07) is 10.5. The minimum absolute atomic E-state index is 0.0496. The fourth-order valence-corrected chi connectivity index (χ4v) is 5.24. The SMILES string of the molecule is O=C(Cc1ccc(OC(F)(F)F)cc1)C1(F)CCN(S(=O)(=O)c2ccccc2Cl)CC1. The molecule has 11 heteroatoms. The third-order valence-corrected chi connectivity index (χ3v) is 7.39. The van der Waals surface area contributed by atoms with Crippen molar-refractivity contribution in [3.63, 3.8) is 0 Å². The van der Waals surface area contributed by atoms with Crippen LogP contribution in [-0.2, 0) is 21.2 Å². The fraction of sp³-hybridized carbons (Fsp3) is 0.350. The number of hydrogen-bond donors (Lipinski definition) is 0. The zero-order chi connectivity index (χ0) is 22.9. The van der Waals surface area contributed by atoms with Crippen LogP contribution in [0, 0.1) is 0 Å². The summed E-state index contributed by atoms with van der Waals surface area (Å²) in [6.07, 6.45) is -5.83. The molecule has 1 aliphatic rings. The van der Waals surface area contributed by atoms with Crippen molar-refractivity contribution in [1.29, 1.82) is 0 Å². The lowest BCUT2D eigenvalue weighted by molar-refractivity contribution is -0.274. The van der Waals surface area contributed by atoms with Crippen LogP contribution in [0.25, 0.3) is 0 Å². The van der Waals surface area contributed by atoms with Crippen LogP contribution in [0.4, 0.5) is 17.6 Å². The van der Waals surface area contributed by atoms with Crippen molar-refractivity contribution in [1.82, 2.24) is 4.31 Å². The molecule has 0 N–H and O–H groups in total. The lowest BCUT2D eigenvalue weighted by atomic mass is 9.87. The number of carbonyl (C=O) groups excluding carboxylic acids is 1. The van der Waals surface area contributed by atoms with Crippen LogP contribution in [0.15, 0.2) is 53.4 Å². The minimum Gasteiger partial charge on any atom is -0.406 e. The number of hydrogen-bond acceptors (Lipinski definition) is 4. The number of ether oxygens (including phenoxy) is 1. The maximum Gasteiger partial charge on any atom is 0.573 e. The second kappa shape index (κ2) is 8.76. The quantitative estimate of drug-likeness (QED) is 0.570. The van der Waals surface area contributed by atoms with Gasteiger partial charge in [0.2, 0.25) is 10.0 Å². The number of alkyl halides is 4. The van der Waals surface area contributed by atoms with Gasteiger partial charge in [0.05, 0.1) is 5.02 Å². The summed E-state index contributed by atoms with van der Waals surface area (Å²) in [7, 11) is -3.93. The van der Waals surface area contributed by atoms with Gasteiger partial charge in [-0.2, -0.15) is 4.31 Å². The highest BCUT2D eigenvalue weighted by Gasteiger charge is 2.44. The van der Waals surface area contributed by atoms with Gasteiger partial charge in [0.15, 0.2) is 11.5 Å². The van der Waals surface area contributed by atoms with E-state index < -0.39 is 33.6 Å². The summed E-state index contributed by atoms with van der Waals surface area (Å²) in [5.74, 6) is -1.21. The van der Waals surface area contributed by atoms with E-state index in [2.05, 4.69) is 4.74 Å². The Hall–Kier alpha value is -2.17. The highest BCUT2D eigenvalue weighted by atomic mass is 35.5. The van der Waals surface area contributed by atoms with Gasteiger partial charge in [0, 0.05) is 32.4 Å². The predicted molar refractivity (Wildman–Crippen MR) is 105 cm³/mol. The van der Waals surface area contributed by atoms with E-state index in [0.29, 0.717) is 5.56 Å². The van der Waals surface area contributed by atoms with Gasteiger partial charge >= 0.3 is 6.36 Å². The molecule has 0 spiro atoms. The summed E-state index contributed by atoms with van der Waals surface area (Å²) >= 11 is 5.97. The van der Waals surface area contributed by atoms with E-state index in [-0.39, 0.29) is 42.3 Å². The Bertz CT molecular complexity index is 1050. The second-order valence-electron chi connectivity index (χ2n) is 7.09. The molecule has 1 fully saturated rings. The minimum atomic E-state index is -4.83. The molecule has 168 valence electrons. The molecule has 31 heavy (non-hydrogen) atoms. The monoisotopic (exact) mass is 479 g/mol. The Morgan fingerprint density at radius 3 is 2.19 bits per heavy atom. The third-order valence-electron chi connectivity index (χ3n) is 4.99. The van der Waals surface area contributed by atoms with Crippen LogP contribution in [0.2, 0.25) is 5.02 Å². The van der Waals surface area contributed by atoms with Crippen LogP contribution in [0.3, 0.4) is 0 Å². The number of sulfonamides is 1. The Balaban J connectivity index is 1.63. The zero-order valence-electron chi connectivity index (χ0n) is 16.0. The molecule has 3 rings (SSSR count). The molecule has 1 aliphatic heterocycles. The molecule has 2 aromatic rings. The number of nitrogens with zero attached hydrogens (tertiary/aromatic N) is 1. The summed E-state index contributed by atoms with van der Waals surface area (Å²) in [5, 5.41) is 0.0496. The number of benzene rings is 2. The number of carbonyl (C=O) groups is 1. The normalized spacial score (nSPS) is 17.3. The topological polar surface area (TPSA) is 63.7 Å². The molecule has 0 radical (unpaired) electrons. The van der Waals surface area contributed by atoms with Crippen LogP contribution in [0.5, 0.6) is 5.75 Å². The first-order valence-corrected chi connectivity index (χ1v) is 11.0. The van der Waals surface area contributed by atoms with Crippen LogP contribution < -0.4 is 4.74 Å². The molecule has 1 heterocycles. The molecule has 0 aromatic heterocycles. The lowest BCUT2D eigenvalue weighted by Crippen LogP contribution is -2.48. The molecular formula is C20H18ClF4NO4S. The van der Waals surface area contributed by atoms with E-state index in [4.69, 9.17) is 11.6 Å². The third kappa shape index (κ3) is 5.55. The van der Waals surface area contributed by atoms with Gasteiger partial charge < -0.3 is 4.74 Å². The van der Waals surface area contributed by atoms with Gasteiger partial charge in [0.1, 0.15) is 10.6 Å². The summed E-state index contributed by atoms with van der Waals surface area (Å²) in [5.41, 5.74) is -1.91. The van der Waals surface area contributed by atoms with E-state index in [1.54, 1.807) is 6.07 Å². The summed E-state index contributed by atoms with van der Waals surface area (Å²) < 4.78 is 82.2. The second-order valence-corrected chi connectivity index (χ2v) is 9.41. The molecule has 0 aliphatic carbocycles. The first-order chi connectivity index (χ1) is 14.4. The number of halogens is 5. The van der Waals surface area contributed by atoms with Crippen molar-refractivity contribution in [3.8, 4) is 5.75 Å². The number of piperidine rings is 1. The van der Waals surface area contributed by atoms with Crippen LogP contribution in [0.1, 0.15) is 18.4 Å². The number of ketones is 1. The predicted octanol–water partition coefficient (Wildman–Crippen LogP) is 4.54. The number of Topliss-reactive ketones (excluding diaryl/α,β-unsaturated/α-hetero) is 1. The van der Waals surface area contributed by atoms with Gasteiger partial charge in [0.25, 0.3) is 0 Å². The Labute approximate surface area is 181 Å². The van der Waals surface area contributed by atoms with E-state index >= 15 is 4.39 Å². The van der Waals surface area contributed by atoms with Crippen LogP contribution in [-0.4, -0.2) is 43.6 Å². The van der Waals surface area contributed by atoms with E-state index in [1.165, 1.54) is 30.3 Å². The lowest BCUT2D eigenvalue weighted by Gasteiger charge is -2.34. The Morgan fingerprint density at radius 2 is 1.65 bits per heavy atom. The maximum atomic E-state index is 15.2. The van der Waals surface area contributed by atoms with E-state index in [0.717, 1.165) is 16.4 Å². The van der Waals surface area contributed by atoms with Crippen LogP contribution >= 0.6 is 11.6 Å². The van der Waals surface area contributed by atoms with Crippen molar-refractivity contribution in [2.45, 2.75) is 36.2 Å². The summed E-state index contributed by atoms with van der Waals surface area (Å²) in [6.45, 7) is -0.400. The molecule has 5 nitrogen and oxygen atoms in total. The smallest absolute Gasteiger partial charge is 0.406 e. The molecule has 0 saturated carbocycles. The maximum absolute atomic E-state index is 15.2. The van der Waals surface area contributed by atoms with Crippen molar-refractivity contribution >= 4 is 27.4 Å². The van der Waals surface area contributed by atoms with Crippen molar-refractivity contribution < 1.29 is 35.5 Å². The van der Waals surface area contributed by atoms with Crippen molar-refractivity contribution in [3.05, 3.63) is 59.1 Å². The van der Waals surface area contributed by atoms with E-state index in [1.807, 2.05) is 0 Å². The number of rotatable bonds is 6. The highest BCUT2D eigenvalue weighted by Crippen LogP contribution is 2.33. The van der Waals surface area contributed by atoms with Gasteiger partial charge in [-0.15, -0.1) is 13.2 Å². The van der Waals surface area contributed by atoms with Gasteiger partial charge in [-0.3, -0.25) is 4.79 Å². The first-order valence-electron chi connectivity index (χ1n) is 9.22. The van der Waals surface area contributed by atoms with Crippen molar-refractivity contribution in [2.24, 2.45) is 0 Å². The van der Waals surface area contributed by atoms with Gasteiger partial charge in [-0.1, -0.05) is 35.9 Å². The average Bonchev–Trinajstić information content (AvgIpc) is 2.69. The molecule has 0 unspecified atom stereocenters.